The number of likely N-dealkylation sites (N-methyl/N-ethyl adjacent to an activating group) is 1. The molecule has 5 aromatic rings. The highest BCUT2D eigenvalue weighted by Crippen LogP contribution is 2.47. The number of thiophene rings is 1. The molecule has 15 heteroatoms. The number of aryl methyl sites for hydroxylation is 1. The third-order valence-electron chi connectivity index (χ3n) is 10.9. The van der Waals surface area contributed by atoms with Crippen LogP contribution in [0.4, 0.5) is 18.9 Å². The summed E-state index contributed by atoms with van der Waals surface area (Å²) in [5, 5.41) is 12.7. The van der Waals surface area contributed by atoms with E-state index in [-0.39, 0.29) is 54.2 Å². The van der Waals surface area contributed by atoms with Gasteiger partial charge < -0.3 is 19.0 Å². The van der Waals surface area contributed by atoms with Crippen LogP contribution in [0.25, 0.3) is 32.2 Å². The number of alkyl halides is 3. The minimum atomic E-state index is -4.76. The van der Waals surface area contributed by atoms with Gasteiger partial charge in [0.05, 0.1) is 39.0 Å². The van der Waals surface area contributed by atoms with E-state index in [0.29, 0.717) is 40.5 Å². The van der Waals surface area contributed by atoms with Crippen LogP contribution in [-0.2, 0) is 12.7 Å². The van der Waals surface area contributed by atoms with E-state index in [1.807, 2.05) is 35.5 Å². The Labute approximate surface area is 329 Å². The molecule has 0 radical (unpaired) electrons. The Bertz CT molecular complexity index is 2310. The molecule has 292 valence electrons. The van der Waals surface area contributed by atoms with Gasteiger partial charge in [0.1, 0.15) is 35.5 Å². The van der Waals surface area contributed by atoms with E-state index in [1.54, 1.807) is 41.5 Å². The number of aromatic nitrogens is 3. The lowest BCUT2D eigenvalue weighted by molar-refractivity contribution is -0.137. The summed E-state index contributed by atoms with van der Waals surface area (Å²) in [6, 6.07) is 10.1. The first kappa shape index (κ1) is 40.5. The Balaban J connectivity index is 1.35. The van der Waals surface area contributed by atoms with Gasteiger partial charge in [-0.1, -0.05) is 53.1 Å². The summed E-state index contributed by atoms with van der Waals surface area (Å²) >= 11 is 8.09. The van der Waals surface area contributed by atoms with Gasteiger partial charge in [0.25, 0.3) is 13.9 Å². The first-order chi connectivity index (χ1) is 26.0. The van der Waals surface area contributed by atoms with Gasteiger partial charge in [-0.05, 0) is 60.9 Å². The molecule has 2 aromatic carbocycles. The Hall–Kier alpha value is -4.16. The highest BCUT2D eigenvalue weighted by molar-refractivity contribution is 7.18. The maximum atomic E-state index is 14.5. The zero-order valence-electron chi connectivity index (χ0n) is 32.3. The summed E-state index contributed by atoms with van der Waals surface area (Å²) in [5.74, 6) is 1.50. The van der Waals surface area contributed by atoms with Gasteiger partial charge in [0.2, 0.25) is 0 Å². The highest BCUT2D eigenvalue weighted by atomic mass is 35.5. The Kier molecular flexibility index (Phi) is 11.6. The monoisotopic (exact) mass is 810 g/mol. The predicted octanol–water partition coefficient (Wildman–Crippen LogP) is 9.91. The maximum absolute atomic E-state index is 14.5. The third kappa shape index (κ3) is 7.56. The molecule has 0 aliphatic carbocycles. The van der Waals surface area contributed by atoms with Crippen molar-refractivity contribution in [3.63, 3.8) is 0 Å². The molecule has 0 atom stereocenters. The van der Waals surface area contributed by atoms with Crippen LogP contribution in [0.3, 0.4) is 0 Å². The molecule has 0 saturated carbocycles. The molecule has 0 N–H and O–H groups in total. The molecule has 0 spiro atoms. The second kappa shape index (κ2) is 15.8. The number of piperazine rings is 1. The van der Waals surface area contributed by atoms with Crippen molar-refractivity contribution in [2.24, 2.45) is 0 Å². The summed E-state index contributed by atoms with van der Waals surface area (Å²) in [6.07, 6.45) is -3.00. The molecule has 0 bridgehead atoms. The normalized spacial score (nSPS) is 14.5. The fraction of sp³-hybridized carbons (Fsp3) is 0.450. The molecular weight excluding hydrogens is 765 g/mol. The standard InChI is InChI=1S/C40H46ClF3N6O3SSi/c1-23(2)55(24(3)4,25(5)6)53-34-22-54-38-28(11-12-46-36(34)38)29-19-27(41)9-10-33(29)52-18-17-50-26(7)47-32-20-31(40(42,43)44)37(30(21-45)35(32)39(50)51)49-15-13-48(8)14-16-49/h9-12,19-20,22-25H,13-18H2,1-8H3. The molecule has 4 heterocycles. The lowest BCUT2D eigenvalue weighted by atomic mass is 10.00. The van der Waals surface area contributed by atoms with Crippen LogP contribution in [0.5, 0.6) is 11.5 Å². The van der Waals surface area contributed by atoms with Crippen molar-refractivity contribution >= 4 is 58.1 Å². The Morgan fingerprint density at radius 2 is 1.67 bits per heavy atom. The third-order valence-corrected chi connectivity index (χ3v) is 18.1. The van der Waals surface area contributed by atoms with E-state index in [1.165, 1.54) is 4.57 Å². The molecule has 6 rings (SSSR count). The van der Waals surface area contributed by atoms with Gasteiger partial charge in [-0.3, -0.25) is 14.3 Å². The molecule has 1 saturated heterocycles. The second-order valence-electron chi connectivity index (χ2n) is 15.1. The number of anilines is 1. The number of pyridine rings is 1. The maximum Gasteiger partial charge on any atom is 0.418 e. The number of nitriles is 1. The molecular formula is C40H46ClF3N6O3SSi. The average molecular weight is 811 g/mol. The largest absolute Gasteiger partial charge is 0.541 e. The summed E-state index contributed by atoms with van der Waals surface area (Å²) < 4.78 is 59.0. The van der Waals surface area contributed by atoms with Crippen LogP contribution in [-0.4, -0.2) is 67.6 Å². The lowest BCUT2D eigenvalue weighted by Gasteiger charge is -2.41. The van der Waals surface area contributed by atoms with E-state index in [9.17, 15) is 23.2 Å². The smallest absolute Gasteiger partial charge is 0.418 e. The van der Waals surface area contributed by atoms with E-state index in [0.717, 1.165) is 33.2 Å². The number of fused-ring (bicyclic) bond motifs is 2. The van der Waals surface area contributed by atoms with Crippen molar-refractivity contribution in [1.29, 1.82) is 5.26 Å². The summed E-state index contributed by atoms with van der Waals surface area (Å²) in [7, 11) is -0.372. The summed E-state index contributed by atoms with van der Waals surface area (Å²) in [6.45, 7) is 16.7. The molecule has 1 aliphatic heterocycles. The van der Waals surface area contributed by atoms with Crippen LogP contribution in [0.2, 0.25) is 21.6 Å². The first-order valence-electron chi connectivity index (χ1n) is 18.5. The van der Waals surface area contributed by atoms with Crippen LogP contribution in [0.15, 0.2) is 46.7 Å². The quantitative estimate of drug-likeness (QED) is 0.122. The van der Waals surface area contributed by atoms with Gasteiger partial charge >= 0.3 is 6.18 Å². The minimum absolute atomic E-state index is 0.0225. The van der Waals surface area contributed by atoms with E-state index < -0.39 is 25.6 Å². The van der Waals surface area contributed by atoms with Gasteiger partial charge in [0, 0.05) is 53.9 Å². The van der Waals surface area contributed by atoms with Crippen LogP contribution < -0.4 is 19.6 Å². The van der Waals surface area contributed by atoms with Crippen molar-refractivity contribution in [2.75, 3.05) is 44.7 Å². The Morgan fingerprint density at radius 1 is 1.00 bits per heavy atom. The van der Waals surface area contributed by atoms with Gasteiger partial charge in [-0.15, -0.1) is 11.3 Å². The number of hydrogen-bond donors (Lipinski definition) is 0. The lowest BCUT2D eigenvalue weighted by Crippen LogP contribution is -2.50. The van der Waals surface area contributed by atoms with Crippen molar-refractivity contribution < 1.29 is 22.3 Å². The Morgan fingerprint density at radius 3 is 2.29 bits per heavy atom. The second-order valence-corrected chi connectivity index (χ2v) is 21.8. The number of rotatable bonds is 11. The summed E-state index contributed by atoms with van der Waals surface area (Å²) in [4.78, 5) is 26.8. The first-order valence-corrected chi connectivity index (χ1v) is 21.9. The highest BCUT2D eigenvalue weighted by Gasteiger charge is 2.47. The van der Waals surface area contributed by atoms with E-state index in [4.69, 9.17) is 25.7 Å². The fourth-order valence-electron chi connectivity index (χ4n) is 8.25. The fourth-order valence-corrected chi connectivity index (χ4v) is 14.7. The van der Waals surface area contributed by atoms with Crippen molar-refractivity contribution in [2.45, 2.75) is 77.8 Å². The number of benzene rings is 2. The summed E-state index contributed by atoms with van der Waals surface area (Å²) in [5.41, 5.74) is 1.18. The SMILES string of the molecule is Cc1nc2cc(C(F)(F)F)c(N3CCN(C)CC3)c(C#N)c2c(=O)n1CCOc1ccc(Cl)cc1-c1ccnc2c(O[Si](C(C)C)(C(C)C)C(C)C)csc12. The van der Waals surface area contributed by atoms with Crippen LogP contribution in [0.1, 0.15) is 58.5 Å². The van der Waals surface area contributed by atoms with Crippen molar-refractivity contribution in [1.82, 2.24) is 19.4 Å². The number of nitrogens with zero attached hydrogens (tertiary/aromatic N) is 6. The topological polar surface area (TPSA) is 96.5 Å². The zero-order valence-corrected chi connectivity index (χ0v) is 34.9. The van der Waals surface area contributed by atoms with Crippen LogP contribution in [0, 0.1) is 18.3 Å². The number of ether oxygens (including phenoxy) is 1. The van der Waals surface area contributed by atoms with Gasteiger partial charge in [0.15, 0.2) is 0 Å². The molecule has 9 nitrogen and oxygen atoms in total. The predicted molar refractivity (Wildman–Crippen MR) is 217 cm³/mol. The molecule has 1 aliphatic rings. The number of hydrogen-bond acceptors (Lipinski definition) is 9. The minimum Gasteiger partial charge on any atom is -0.541 e. The zero-order chi connectivity index (χ0) is 40.0. The molecule has 3 aromatic heterocycles. The molecule has 0 amide bonds. The van der Waals surface area contributed by atoms with Crippen LogP contribution >= 0.6 is 22.9 Å². The molecule has 0 unspecified atom stereocenters. The number of halogens is 4. The average Bonchev–Trinajstić information content (AvgIpc) is 3.54. The molecule has 1 fully saturated rings. The molecule has 55 heavy (non-hydrogen) atoms. The van der Waals surface area contributed by atoms with Gasteiger partial charge in [-0.2, -0.15) is 18.4 Å². The van der Waals surface area contributed by atoms with Gasteiger partial charge in [-0.25, -0.2) is 4.98 Å². The van der Waals surface area contributed by atoms with Crippen molar-refractivity contribution in [3.8, 4) is 28.7 Å². The van der Waals surface area contributed by atoms with E-state index in [2.05, 4.69) is 46.5 Å². The van der Waals surface area contributed by atoms with Crippen molar-refractivity contribution in [3.05, 3.63) is 74.2 Å². The van der Waals surface area contributed by atoms with E-state index >= 15 is 0 Å².